The molecule has 1 aliphatic rings. The van der Waals surface area contributed by atoms with Crippen molar-refractivity contribution >= 4 is 5.91 Å². The maximum Gasteiger partial charge on any atom is 0.224 e. The van der Waals surface area contributed by atoms with E-state index in [-0.39, 0.29) is 11.9 Å². The van der Waals surface area contributed by atoms with Gasteiger partial charge in [-0.2, -0.15) is 0 Å². The minimum absolute atomic E-state index is 0.0381. The molecule has 1 aromatic carbocycles. The largest absolute Gasteiger partial charge is 0.497 e. The number of carbonyl (C=O) groups excluding carboxylic acids is 1. The Morgan fingerprint density at radius 2 is 2.00 bits per heavy atom. The van der Waals surface area contributed by atoms with Crippen molar-refractivity contribution in [2.75, 3.05) is 34.4 Å². The van der Waals surface area contributed by atoms with Gasteiger partial charge < -0.3 is 19.7 Å². The number of hydrogen-bond acceptors (Lipinski definition) is 4. The molecule has 1 aliphatic heterocycles. The fourth-order valence-electron chi connectivity index (χ4n) is 2.62. The molecule has 0 unspecified atom stereocenters. The maximum atomic E-state index is 12.2. The third-order valence-corrected chi connectivity index (χ3v) is 3.92. The summed E-state index contributed by atoms with van der Waals surface area (Å²) in [5, 5.41) is 3.11. The highest BCUT2D eigenvalue weighted by Gasteiger charge is 2.19. The fraction of sp³-hybridized carbons (Fsp3) is 0.562. The first-order chi connectivity index (χ1) is 10.1. The molecular weight excluding hydrogens is 268 g/mol. The lowest BCUT2D eigenvalue weighted by molar-refractivity contribution is -0.121. The predicted octanol–water partition coefficient (Wildman–Crippen LogP) is 1.46. The van der Waals surface area contributed by atoms with Crippen LogP contribution in [0.3, 0.4) is 0 Å². The minimum Gasteiger partial charge on any atom is -0.497 e. The van der Waals surface area contributed by atoms with Gasteiger partial charge in [-0.3, -0.25) is 4.79 Å². The van der Waals surface area contributed by atoms with Gasteiger partial charge in [-0.1, -0.05) is 0 Å². The summed E-state index contributed by atoms with van der Waals surface area (Å²) in [5.74, 6) is 1.49. The van der Waals surface area contributed by atoms with Crippen LogP contribution in [0.25, 0.3) is 0 Å². The average Bonchev–Trinajstić information content (AvgIpc) is 2.49. The summed E-state index contributed by atoms with van der Waals surface area (Å²) in [6.07, 6.45) is 2.34. The summed E-state index contributed by atoms with van der Waals surface area (Å²) >= 11 is 0. The van der Waals surface area contributed by atoms with Crippen molar-refractivity contribution in [3.63, 3.8) is 0 Å². The molecule has 1 aromatic rings. The number of methoxy groups -OCH3 is 2. The number of carbonyl (C=O) groups is 1. The number of piperidine rings is 1. The summed E-state index contributed by atoms with van der Waals surface area (Å²) in [6.45, 7) is 2.07. The molecule has 0 saturated carbocycles. The molecule has 5 heteroatoms. The second-order valence-corrected chi connectivity index (χ2v) is 5.50. The third-order valence-electron chi connectivity index (χ3n) is 3.92. The third kappa shape index (κ3) is 4.36. The fourth-order valence-corrected chi connectivity index (χ4v) is 2.62. The first kappa shape index (κ1) is 15.6. The Bertz CT molecular complexity index is 482. The van der Waals surface area contributed by atoms with E-state index in [4.69, 9.17) is 9.47 Å². The van der Waals surface area contributed by atoms with Gasteiger partial charge in [0.05, 0.1) is 20.6 Å². The second kappa shape index (κ2) is 7.31. The lowest BCUT2D eigenvalue weighted by atomic mass is 10.0. The molecule has 5 nitrogen and oxygen atoms in total. The number of ether oxygens (including phenoxy) is 2. The summed E-state index contributed by atoms with van der Waals surface area (Å²) in [5.41, 5.74) is 0.849. The zero-order chi connectivity index (χ0) is 15.2. The molecule has 0 atom stereocenters. The quantitative estimate of drug-likeness (QED) is 0.892. The number of benzene rings is 1. The Morgan fingerprint density at radius 3 is 2.62 bits per heavy atom. The van der Waals surface area contributed by atoms with Gasteiger partial charge in [-0.25, -0.2) is 0 Å². The number of hydrogen-bond donors (Lipinski definition) is 1. The normalized spacial score (nSPS) is 16.5. The van der Waals surface area contributed by atoms with Gasteiger partial charge in [-0.05, 0) is 51.2 Å². The van der Waals surface area contributed by atoms with Crippen LogP contribution in [0.2, 0.25) is 0 Å². The zero-order valence-electron chi connectivity index (χ0n) is 13.0. The van der Waals surface area contributed by atoms with Gasteiger partial charge in [0.2, 0.25) is 5.91 Å². The minimum atomic E-state index is 0.0381. The molecule has 1 N–H and O–H groups in total. The number of likely N-dealkylation sites (tertiary alicyclic amines) is 1. The van der Waals surface area contributed by atoms with Crippen LogP contribution in [0.5, 0.6) is 11.5 Å². The van der Waals surface area contributed by atoms with Crippen molar-refractivity contribution in [1.29, 1.82) is 0 Å². The molecule has 0 aliphatic carbocycles. The van der Waals surface area contributed by atoms with Crippen LogP contribution >= 0.6 is 0 Å². The van der Waals surface area contributed by atoms with E-state index in [0.29, 0.717) is 12.2 Å². The van der Waals surface area contributed by atoms with Gasteiger partial charge in [0.15, 0.2) is 0 Å². The molecule has 1 heterocycles. The van der Waals surface area contributed by atoms with E-state index in [0.717, 1.165) is 37.2 Å². The molecule has 0 aromatic heterocycles. The van der Waals surface area contributed by atoms with E-state index in [1.807, 2.05) is 18.2 Å². The van der Waals surface area contributed by atoms with Gasteiger partial charge >= 0.3 is 0 Å². The topological polar surface area (TPSA) is 50.8 Å². The smallest absolute Gasteiger partial charge is 0.224 e. The van der Waals surface area contributed by atoms with Crippen LogP contribution < -0.4 is 14.8 Å². The number of nitrogens with one attached hydrogen (secondary N) is 1. The van der Waals surface area contributed by atoms with Gasteiger partial charge in [0.1, 0.15) is 11.5 Å². The van der Waals surface area contributed by atoms with Crippen molar-refractivity contribution in [3.05, 3.63) is 23.8 Å². The highest BCUT2D eigenvalue weighted by molar-refractivity contribution is 5.79. The molecule has 0 spiro atoms. The Kier molecular flexibility index (Phi) is 5.44. The summed E-state index contributed by atoms with van der Waals surface area (Å²) in [6, 6.07) is 5.80. The molecule has 0 bridgehead atoms. The van der Waals surface area contributed by atoms with Crippen molar-refractivity contribution in [3.8, 4) is 11.5 Å². The van der Waals surface area contributed by atoms with Gasteiger partial charge in [0, 0.05) is 11.6 Å². The van der Waals surface area contributed by atoms with E-state index < -0.39 is 0 Å². The average molecular weight is 292 g/mol. The number of rotatable bonds is 5. The zero-order valence-corrected chi connectivity index (χ0v) is 13.0. The summed E-state index contributed by atoms with van der Waals surface area (Å²) in [4.78, 5) is 14.5. The van der Waals surface area contributed by atoms with Crippen LogP contribution in [0.1, 0.15) is 18.4 Å². The molecule has 1 amide bonds. The molecule has 1 saturated heterocycles. The monoisotopic (exact) mass is 292 g/mol. The van der Waals surface area contributed by atoms with E-state index in [9.17, 15) is 4.79 Å². The Hall–Kier alpha value is -1.75. The standard InChI is InChI=1S/C16H24N2O3/c1-18-8-6-13(7-9-18)17-16(19)11-12-10-14(20-2)4-5-15(12)21-3/h4-5,10,13H,6-9,11H2,1-3H3,(H,17,19). The first-order valence-corrected chi connectivity index (χ1v) is 7.31. The number of nitrogens with zero attached hydrogens (tertiary/aromatic N) is 1. The van der Waals surface area contributed by atoms with Gasteiger partial charge in [0.25, 0.3) is 0 Å². The molecular formula is C16H24N2O3. The SMILES string of the molecule is COc1ccc(OC)c(CC(=O)NC2CCN(C)CC2)c1. The van der Waals surface area contributed by atoms with E-state index in [1.54, 1.807) is 14.2 Å². The maximum absolute atomic E-state index is 12.2. The Morgan fingerprint density at radius 1 is 1.29 bits per heavy atom. The lowest BCUT2D eigenvalue weighted by Gasteiger charge is -2.29. The van der Waals surface area contributed by atoms with Crippen molar-refractivity contribution in [2.24, 2.45) is 0 Å². The second-order valence-electron chi connectivity index (χ2n) is 5.50. The number of amides is 1. The van der Waals surface area contributed by atoms with Crippen LogP contribution in [0.15, 0.2) is 18.2 Å². The Labute approximate surface area is 126 Å². The van der Waals surface area contributed by atoms with Gasteiger partial charge in [-0.15, -0.1) is 0 Å². The first-order valence-electron chi connectivity index (χ1n) is 7.31. The Balaban J connectivity index is 1.95. The van der Waals surface area contributed by atoms with Crippen LogP contribution in [0.4, 0.5) is 0 Å². The molecule has 1 fully saturated rings. The molecule has 0 radical (unpaired) electrons. The van der Waals surface area contributed by atoms with E-state index in [2.05, 4.69) is 17.3 Å². The highest BCUT2D eigenvalue weighted by Crippen LogP contribution is 2.24. The van der Waals surface area contributed by atoms with Crippen molar-refractivity contribution in [2.45, 2.75) is 25.3 Å². The molecule has 2 rings (SSSR count). The van der Waals surface area contributed by atoms with Crippen LogP contribution in [-0.2, 0) is 11.2 Å². The molecule has 21 heavy (non-hydrogen) atoms. The summed E-state index contributed by atoms with van der Waals surface area (Å²) in [7, 11) is 5.34. The summed E-state index contributed by atoms with van der Waals surface area (Å²) < 4.78 is 10.5. The van der Waals surface area contributed by atoms with Crippen molar-refractivity contribution < 1.29 is 14.3 Å². The van der Waals surface area contributed by atoms with Crippen molar-refractivity contribution in [1.82, 2.24) is 10.2 Å². The molecule has 116 valence electrons. The highest BCUT2D eigenvalue weighted by atomic mass is 16.5. The van der Waals surface area contributed by atoms with Crippen LogP contribution in [0, 0.1) is 0 Å². The van der Waals surface area contributed by atoms with Crippen LogP contribution in [-0.4, -0.2) is 51.2 Å². The predicted molar refractivity (Wildman–Crippen MR) is 81.9 cm³/mol. The van der Waals surface area contributed by atoms with E-state index >= 15 is 0 Å². The van der Waals surface area contributed by atoms with E-state index in [1.165, 1.54) is 0 Å². The lowest BCUT2D eigenvalue weighted by Crippen LogP contribution is -2.43.